The van der Waals surface area contributed by atoms with E-state index >= 15 is 0 Å². The zero-order chi connectivity index (χ0) is 13.2. The van der Waals surface area contributed by atoms with Crippen LogP contribution in [0.1, 0.15) is 6.92 Å². The van der Waals surface area contributed by atoms with Crippen LogP contribution in [0, 0.1) is 0 Å². The highest BCUT2D eigenvalue weighted by molar-refractivity contribution is 7.89. The summed E-state index contributed by atoms with van der Waals surface area (Å²) in [7, 11) is -3.25. The fourth-order valence-electron chi connectivity index (χ4n) is 1.84. The van der Waals surface area contributed by atoms with Gasteiger partial charge in [0.25, 0.3) is 0 Å². The number of sulfonamides is 1. The minimum Gasteiger partial charge on any atom is -0.345 e. The van der Waals surface area contributed by atoms with E-state index in [1.54, 1.807) is 24.5 Å². The van der Waals surface area contributed by atoms with E-state index in [1.165, 1.54) is 4.31 Å². The average molecular weight is 310 g/mol. The fraction of sp³-hybridized carbons (Fsp3) is 0.700. The lowest BCUT2D eigenvalue weighted by Gasteiger charge is -2.34. The molecule has 102 valence electrons. The first-order valence-electron chi connectivity index (χ1n) is 5.75. The molecule has 0 saturated carbocycles. The molecule has 5 nitrogen and oxygen atoms in total. The van der Waals surface area contributed by atoms with Crippen molar-refractivity contribution < 1.29 is 8.42 Å². The normalized spacial score (nSPS) is 20.0. The Labute approximate surface area is 116 Å². The van der Waals surface area contributed by atoms with Gasteiger partial charge in [-0.2, -0.15) is 4.31 Å². The van der Waals surface area contributed by atoms with Crippen LogP contribution in [-0.4, -0.2) is 55.0 Å². The number of thiazole rings is 1. The summed E-state index contributed by atoms with van der Waals surface area (Å²) in [4.78, 5) is 6.35. The van der Waals surface area contributed by atoms with Crippen molar-refractivity contribution in [3.8, 4) is 0 Å². The lowest BCUT2D eigenvalue weighted by Crippen LogP contribution is -2.51. The molecule has 1 aromatic rings. The number of halogens is 1. The molecule has 1 unspecified atom stereocenters. The summed E-state index contributed by atoms with van der Waals surface area (Å²) in [6.45, 7) is 4.02. The van der Waals surface area contributed by atoms with Gasteiger partial charge in [0, 0.05) is 43.6 Å². The predicted molar refractivity (Wildman–Crippen MR) is 75.0 cm³/mol. The van der Waals surface area contributed by atoms with Gasteiger partial charge in [0.15, 0.2) is 5.13 Å². The maximum atomic E-state index is 12.1. The molecule has 0 bridgehead atoms. The number of rotatable bonds is 4. The van der Waals surface area contributed by atoms with Crippen LogP contribution < -0.4 is 4.90 Å². The Kier molecular flexibility index (Phi) is 4.47. The lowest BCUT2D eigenvalue weighted by atomic mass is 10.4. The number of hydrogen-bond acceptors (Lipinski definition) is 5. The molecule has 0 amide bonds. The van der Waals surface area contributed by atoms with Crippen LogP contribution in [0.25, 0.3) is 0 Å². The molecule has 8 heteroatoms. The highest BCUT2D eigenvalue weighted by Crippen LogP contribution is 2.21. The Morgan fingerprint density at radius 2 is 2.11 bits per heavy atom. The minimum atomic E-state index is -3.25. The first kappa shape index (κ1) is 14.0. The summed E-state index contributed by atoms with van der Waals surface area (Å²) in [6, 6.07) is 0. The monoisotopic (exact) mass is 309 g/mol. The quantitative estimate of drug-likeness (QED) is 0.785. The third kappa shape index (κ3) is 2.79. The van der Waals surface area contributed by atoms with Crippen molar-refractivity contribution in [3.63, 3.8) is 0 Å². The Balaban J connectivity index is 1.99. The molecule has 0 N–H and O–H groups in total. The molecule has 0 radical (unpaired) electrons. The zero-order valence-corrected chi connectivity index (χ0v) is 12.5. The van der Waals surface area contributed by atoms with E-state index in [-0.39, 0.29) is 5.88 Å². The molecule has 2 heterocycles. The number of piperazine rings is 1. The van der Waals surface area contributed by atoms with Crippen molar-refractivity contribution in [1.29, 1.82) is 0 Å². The minimum absolute atomic E-state index is 0.134. The highest BCUT2D eigenvalue weighted by atomic mass is 35.5. The Morgan fingerprint density at radius 1 is 1.44 bits per heavy atom. The summed E-state index contributed by atoms with van der Waals surface area (Å²) in [6.07, 6.45) is 1.76. The van der Waals surface area contributed by atoms with E-state index < -0.39 is 15.3 Å². The van der Waals surface area contributed by atoms with Gasteiger partial charge in [0.2, 0.25) is 10.0 Å². The van der Waals surface area contributed by atoms with Crippen LogP contribution in [0.3, 0.4) is 0 Å². The van der Waals surface area contributed by atoms with Crippen molar-refractivity contribution in [2.45, 2.75) is 12.2 Å². The average Bonchev–Trinajstić information content (AvgIpc) is 2.91. The molecule has 0 spiro atoms. The van der Waals surface area contributed by atoms with E-state index in [2.05, 4.69) is 9.88 Å². The number of anilines is 1. The van der Waals surface area contributed by atoms with Gasteiger partial charge in [-0.3, -0.25) is 0 Å². The molecule has 2 rings (SSSR count). The molecule has 0 aromatic carbocycles. The fourth-order valence-corrected chi connectivity index (χ4v) is 4.35. The number of hydrogen-bond donors (Lipinski definition) is 0. The van der Waals surface area contributed by atoms with E-state index in [4.69, 9.17) is 11.6 Å². The van der Waals surface area contributed by atoms with Gasteiger partial charge >= 0.3 is 0 Å². The predicted octanol–water partition coefficient (Wildman–Crippen LogP) is 1.22. The summed E-state index contributed by atoms with van der Waals surface area (Å²) in [5.41, 5.74) is 0. The number of alkyl halides is 1. The molecule has 1 saturated heterocycles. The van der Waals surface area contributed by atoms with Crippen molar-refractivity contribution in [3.05, 3.63) is 11.6 Å². The summed E-state index contributed by atoms with van der Waals surface area (Å²) in [5, 5.41) is 2.36. The lowest BCUT2D eigenvalue weighted by molar-refractivity contribution is 0.381. The largest absolute Gasteiger partial charge is 0.345 e. The number of aromatic nitrogens is 1. The van der Waals surface area contributed by atoms with Gasteiger partial charge in [-0.05, 0) is 6.92 Å². The van der Waals surface area contributed by atoms with Gasteiger partial charge in [-0.25, -0.2) is 13.4 Å². The van der Waals surface area contributed by atoms with E-state index in [0.717, 1.165) is 5.13 Å². The van der Waals surface area contributed by atoms with E-state index in [0.29, 0.717) is 26.2 Å². The second-order valence-electron chi connectivity index (χ2n) is 4.21. The zero-order valence-electron chi connectivity index (χ0n) is 10.1. The van der Waals surface area contributed by atoms with Gasteiger partial charge in [0.05, 0.1) is 5.25 Å². The first-order chi connectivity index (χ1) is 8.55. The summed E-state index contributed by atoms with van der Waals surface area (Å²) in [5.74, 6) is 0.134. The van der Waals surface area contributed by atoms with Crippen LogP contribution in [-0.2, 0) is 10.0 Å². The molecule has 1 aliphatic heterocycles. The standard InChI is InChI=1S/C10H16ClN3O2S2/c1-9(8-11)18(15,16)14-5-3-13(4-6-14)10-12-2-7-17-10/h2,7,9H,3-6,8H2,1H3. The van der Waals surface area contributed by atoms with Crippen LogP contribution in [0.5, 0.6) is 0 Å². The van der Waals surface area contributed by atoms with E-state index in [9.17, 15) is 8.42 Å². The third-order valence-electron chi connectivity index (χ3n) is 3.01. The van der Waals surface area contributed by atoms with Crippen molar-refractivity contribution >= 4 is 38.1 Å². The van der Waals surface area contributed by atoms with Gasteiger partial charge in [-0.1, -0.05) is 0 Å². The van der Waals surface area contributed by atoms with E-state index in [1.807, 2.05) is 5.38 Å². The van der Waals surface area contributed by atoms with Crippen LogP contribution in [0.15, 0.2) is 11.6 Å². The Morgan fingerprint density at radius 3 is 2.61 bits per heavy atom. The third-order valence-corrected chi connectivity index (χ3v) is 6.76. The summed E-state index contributed by atoms with van der Waals surface area (Å²) < 4.78 is 25.8. The second-order valence-corrected chi connectivity index (χ2v) is 7.74. The first-order valence-corrected chi connectivity index (χ1v) is 8.67. The van der Waals surface area contributed by atoms with Crippen LogP contribution >= 0.6 is 22.9 Å². The Hall–Kier alpha value is -0.370. The summed E-state index contributed by atoms with van der Waals surface area (Å²) >= 11 is 7.22. The molecule has 0 aliphatic carbocycles. The van der Waals surface area contributed by atoms with Crippen molar-refractivity contribution in [1.82, 2.24) is 9.29 Å². The maximum Gasteiger partial charge on any atom is 0.218 e. The molecule has 18 heavy (non-hydrogen) atoms. The highest BCUT2D eigenvalue weighted by Gasteiger charge is 2.31. The molecule has 1 fully saturated rings. The Bertz CT molecular complexity index is 469. The topological polar surface area (TPSA) is 53.5 Å². The maximum absolute atomic E-state index is 12.1. The van der Waals surface area contributed by atoms with Gasteiger partial charge < -0.3 is 4.90 Å². The van der Waals surface area contributed by atoms with Crippen molar-refractivity contribution in [2.24, 2.45) is 0 Å². The van der Waals surface area contributed by atoms with Crippen LogP contribution in [0.4, 0.5) is 5.13 Å². The second kappa shape index (κ2) is 5.73. The molecular weight excluding hydrogens is 294 g/mol. The molecule has 1 atom stereocenters. The van der Waals surface area contributed by atoms with Gasteiger partial charge in [-0.15, -0.1) is 22.9 Å². The molecular formula is C10H16ClN3O2S2. The smallest absolute Gasteiger partial charge is 0.218 e. The molecule has 1 aromatic heterocycles. The van der Waals surface area contributed by atoms with Crippen molar-refractivity contribution in [2.75, 3.05) is 37.0 Å². The molecule has 1 aliphatic rings. The SMILES string of the molecule is CC(CCl)S(=O)(=O)N1CCN(c2nccs2)CC1. The number of nitrogens with zero attached hydrogens (tertiary/aromatic N) is 3. The van der Waals surface area contributed by atoms with Gasteiger partial charge in [0.1, 0.15) is 0 Å². The van der Waals surface area contributed by atoms with Crippen LogP contribution in [0.2, 0.25) is 0 Å².